The van der Waals surface area contributed by atoms with Crippen LogP contribution >= 0.6 is 23.1 Å². The summed E-state index contributed by atoms with van der Waals surface area (Å²) in [6, 6.07) is 4.23. The summed E-state index contributed by atoms with van der Waals surface area (Å²) in [7, 11) is -2.47. The Morgan fingerprint density at radius 1 is 1.39 bits per heavy atom. The number of carbonyl (C=O) groups excluding carboxylic acids is 1. The molecule has 0 bridgehead atoms. The Hall–Kier alpha value is -2.11. The standard InChI is InChI=1S/C17H20N4O4S3/c1-3-10-26-17-19-18-16(27-17)20-28(23,24)12-6-7-14(25-2)13(11-12)15(22)21-8-4-5-9-21/h3,6-7,11H,1,4-5,8-10H2,2H3,(H,18,20). The van der Waals surface area contributed by atoms with Crippen molar-refractivity contribution in [2.45, 2.75) is 22.1 Å². The van der Waals surface area contributed by atoms with Crippen molar-refractivity contribution in [3.05, 3.63) is 36.4 Å². The summed E-state index contributed by atoms with van der Waals surface area (Å²) < 4.78 is 33.8. The number of hydrogen-bond acceptors (Lipinski definition) is 8. The van der Waals surface area contributed by atoms with E-state index in [0.717, 1.165) is 24.2 Å². The fourth-order valence-electron chi connectivity index (χ4n) is 2.73. The van der Waals surface area contributed by atoms with E-state index >= 15 is 0 Å². The molecule has 0 radical (unpaired) electrons. The highest BCUT2D eigenvalue weighted by molar-refractivity contribution is 8.01. The minimum atomic E-state index is -3.92. The first-order valence-corrected chi connectivity index (χ1v) is 11.8. The van der Waals surface area contributed by atoms with Crippen LogP contribution in [-0.4, -0.2) is 55.4 Å². The largest absolute Gasteiger partial charge is 0.496 e. The summed E-state index contributed by atoms with van der Waals surface area (Å²) in [5.74, 6) is 0.766. The molecule has 1 aliphatic rings. The molecule has 1 amide bonds. The summed E-state index contributed by atoms with van der Waals surface area (Å²) in [5.41, 5.74) is 0.228. The van der Waals surface area contributed by atoms with E-state index in [1.54, 1.807) is 11.0 Å². The van der Waals surface area contributed by atoms with Gasteiger partial charge in [-0.25, -0.2) is 8.42 Å². The van der Waals surface area contributed by atoms with Gasteiger partial charge in [-0.2, -0.15) is 0 Å². The van der Waals surface area contributed by atoms with E-state index in [4.69, 9.17) is 4.74 Å². The maximum absolute atomic E-state index is 12.8. The fourth-order valence-corrected chi connectivity index (χ4v) is 5.49. The van der Waals surface area contributed by atoms with Crippen molar-refractivity contribution >= 4 is 44.2 Å². The average molecular weight is 441 g/mol. The second kappa shape index (κ2) is 8.93. The molecule has 0 unspecified atom stereocenters. The van der Waals surface area contributed by atoms with Crippen molar-refractivity contribution in [3.8, 4) is 5.75 Å². The Balaban J connectivity index is 1.85. The number of anilines is 1. The molecule has 0 atom stereocenters. The monoisotopic (exact) mass is 440 g/mol. The summed E-state index contributed by atoms with van der Waals surface area (Å²) >= 11 is 2.55. The first-order valence-electron chi connectivity index (χ1n) is 8.52. The summed E-state index contributed by atoms with van der Waals surface area (Å²) in [6.07, 6.45) is 3.61. The molecule has 3 rings (SSSR count). The Morgan fingerprint density at radius 2 is 2.14 bits per heavy atom. The predicted molar refractivity (Wildman–Crippen MR) is 110 cm³/mol. The van der Waals surface area contributed by atoms with Crippen LogP contribution in [0.15, 0.2) is 40.1 Å². The minimum Gasteiger partial charge on any atom is -0.496 e. The Kier molecular flexibility index (Phi) is 6.57. The fraction of sp³-hybridized carbons (Fsp3) is 0.353. The summed E-state index contributed by atoms with van der Waals surface area (Å²) in [6.45, 7) is 4.95. The Morgan fingerprint density at radius 3 is 2.82 bits per heavy atom. The molecule has 28 heavy (non-hydrogen) atoms. The van der Waals surface area contributed by atoms with Gasteiger partial charge in [-0.15, -0.1) is 16.8 Å². The van der Waals surface area contributed by atoms with Gasteiger partial charge in [0.15, 0.2) is 4.34 Å². The molecular formula is C17H20N4O4S3. The van der Waals surface area contributed by atoms with Gasteiger partial charge in [0.05, 0.1) is 17.6 Å². The number of sulfonamides is 1. The van der Waals surface area contributed by atoms with Gasteiger partial charge in [-0.3, -0.25) is 9.52 Å². The molecule has 0 spiro atoms. The molecule has 1 aliphatic heterocycles. The second-order valence-electron chi connectivity index (χ2n) is 5.94. The molecule has 8 nitrogen and oxygen atoms in total. The summed E-state index contributed by atoms with van der Waals surface area (Å²) in [4.78, 5) is 14.4. The molecule has 0 saturated carbocycles. The number of nitrogens with zero attached hydrogens (tertiary/aromatic N) is 3. The summed E-state index contributed by atoms with van der Waals surface area (Å²) in [5, 5.41) is 7.95. The quantitative estimate of drug-likeness (QED) is 0.497. The zero-order valence-corrected chi connectivity index (χ0v) is 17.7. The maximum atomic E-state index is 12.8. The Labute approximate surface area is 172 Å². The van der Waals surface area contributed by atoms with Crippen molar-refractivity contribution in [3.63, 3.8) is 0 Å². The molecule has 1 aromatic heterocycles. The number of hydrogen-bond donors (Lipinski definition) is 1. The average Bonchev–Trinajstić information content (AvgIpc) is 3.37. The lowest BCUT2D eigenvalue weighted by molar-refractivity contribution is 0.0789. The Bertz CT molecular complexity index is 969. The van der Waals surface area contributed by atoms with Gasteiger partial charge in [-0.1, -0.05) is 29.2 Å². The van der Waals surface area contributed by atoms with Crippen molar-refractivity contribution in [1.82, 2.24) is 15.1 Å². The highest BCUT2D eigenvalue weighted by Crippen LogP contribution is 2.29. The van der Waals surface area contributed by atoms with Crippen LogP contribution in [0.1, 0.15) is 23.2 Å². The van der Waals surface area contributed by atoms with E-state index in [-0.39, 0.29) is 21.5 Å². The SMILES string of the molecule is C=CCSc1nnc(NS(=O)(=O)c2ccc(OC)c(C(=O)N3CCCC3)c2)s1. The number of methoxy groups -OCH3 is 1. The number of carbonyl (C=O) groups is 1. The highest BCUT2D eigenvalue weighted by Gasteiger charge is 2.25. The van der Waals surface area contributed by atoms with Gasteiger partial charge in [0.1, 0.15) is 5.75 Å². The molecule has 1 aromatic carbocycles. The highest BCUT2D eigenvalue weighted by atomic mass is 32.2. The van der Waals surface area contributed by atoms with Crippen LogP contribution in [0.4, 0.5) is 5.13 Å². The number of ether oxygens (including phenoxy) is 1. The van der Waals surface area contributed by atoms with Crippen molar-refractivity contribution in [2.24, 2.45) is 0 Å². The van der Waals surface area contributed by atoms with E-state index in [2.05, 4.69) is 21.5 Å². The lowest BCUT2D eigenvalue weighted by Gasteiger charge is -2.18. The van der Waals surface area contributed by atoms with Gasteiger partial charge < -0.3 is 9.64 Å². The van der Waals surface area contributed by atoms with Crippen molar-refractivity contribution in [1.29, 1.82) is 0 Å². The van der Waals surface area contributed by atoms with Gasteiger partial charge in [0.2, 0.25) is 5.13 Å². The number of amides is 1. The van der Waals surface area contributed by atoms with Gasteiger partial charge in [0, 0.05) is 18.8 Å². The minimum absolute atomic E-state index is 0.0358. The number of rotatable bonds is 8. The molecule has 2 aromatic rings. The van der Waals surface area contributed by atoms with Gasteiger partial charge in [-0.05, 0) is 31.0 Å². The molecular weight excluding hydrogens is 420 g/mol. The van der Waals surface area contributed by atoms with Crippen LogP contribution < -0.4 is 9.46 Å². The van der Waals surface area contributed by atoms with E-state index in [9.17, 15) is 13.2 Å². The van der Waals surface area contributed by atoms with Crippen molar-refractivity contribution < 1.29 is 17.9 Å². The van der Waals surface area contributed by atoms with Crippen molar-refractivity contribution in [2.75, 3.05) is 30.7 Å². The number of thioether (sulfide) groups is 1. The lowest BCUT2D eigenvalue weighted by Crippen LogP contribution is -2.28. The van der Waals surface area contributed by atoms with Gasteiger partial charge in [0.25, 0.3) is 15.9 Å². The zero-order chi connectivity index (χ0) is 20.1. The molecule has 1 fully saturated rings. The zero-order valence-electron chi connectivity index (χ0n) is 15.3. The van der Waals surface area contributed by atoms with Crippen LogP contribution in [0, 0.1) is 0 Å². The maximum Gasteiger partial charge on any atom is 0.263 e. The van der Waals surface area contributed by atoms with Crippen LogP contribution in [0.2, 0.25) is 0 Å². The molecule has 1 saturated heterocycles. The third-order valence-electron chi connectivity index (χ3n) is 4.06. The molecule has 2 heterocycles. The van der Waals surface area contributed by atoms with Crippen LogP contribution in [0.3, 0.4) is 0 Å². The number of nitrogens with one attached hydrogen (secondary N) is 1. The third-order valence-corrected chi connectivity index (χ3v) is 7.49. The lowest BCUT2D eigenvalue weighted by atomic mass is 10.1. The molecule has 150 valence electrons. The topological polar surface area (TPSA) is 101 Å². The normalized spacial score (nSPS) is 14.1. The first-order chi connectivity index (χ1) is 13.4. The van der Waals surface area contributed by atoms with Crippen LogP contribution in [0.25, 0.3) is 0 Å². The van der Waals surface area contributed by atoms with E-state index in [0.29, 0.717) is 28.9 Å². The van der Waals surface area contributed by atoms with Gasteiger partial charge >= 0.3 is 0 Å². The number of aromatic nitrogens is 2. The number of benzene rings is 1. The van der Waals surface area contributed by atoms with E-state index < -0.39 is 10.0 Å². The van der Waals surface area contributed by atoms with Crippen LogP contribution in [-0.2, 0) is 10.0 Å². The third kappa shape index (κ3) is 4.65. The predicted octanol–water partition coefficient (Wildman–Crippen LogP) is 2.86. The van der Waals surface area contributed by atoms with Crippen LogP contribution in [0.5, 0.6) is 5.75 Å². The second-order valence-corrected chi connectivity index (χ2v) is 9.87. The molecule has 11 heteroatoms. The van der Waals surface area contributed by atoms with E-state index in [1.807, 2.05) is 0 Å². The number of likely N-dealkylation sites (tertiary alicyclic amines) is 1. The molecule has 1 N–H and O–H groups in total. The van der Waals surface area contributed by atoms with E-state index in [1.165, 1.54) is 37.1 Å². The first kappa shape index (κ1) is 20.6. The smallest absolute Gasteiger partial charge is 0.263 e. The molecule has 0 aliphatic carbocycles.